The Kier molecular flexibility index (Phi) is 3.90. The molecule has 1 saturated carbocycles. The molecular formula is C16H20ClNO. The van der Waals surface area contributed by atoms with Crippen molar-refractivity contribution < 1.29 is 4.79 Å². The van der Waals surface area contributed by atoms with E-state index in [0.29, 0.717) is 23.3 Å². The Morgan fingerprint density at radius 2 is 2.16 bits per heavy atom. The van der Waals surface area contributed by atoms with E-state index in [2.05, 4.69) is 5.32 Å². The summed E-state index contributed by atoms with van der Waals surface area (Å²) in [7, 11) is 0. The molecule has 3 unspecified atom stereocenters. The van der Waals surface area contributed by atoms with Crippen molar-refractivity contribution in [1.29, 1.82) is 0 Å². The number of hydrogen-bond donors (Lipinski definition) is 1. The Labute approximate surface area is 119 Å². The van der Waals surface area contributed by atoms with Crippen molar-refractivity contribution in [2.24, 2.45) is 5.92 Å². The summed E-state index contributed by atoms with van der Waals surface area (Å²) in [6, 6.07) is 8.27. The first-order valence-corrected chi connectivity index (χ1v) is 7.63. The highest BCUT2D eigenvalue weighted by molar-refractivity contribution is 6.30. The quantitative estimate of drug-likeness (QED) is 0.918. The van der Waals surface area contributed by atoms with E-state index in [1.165, 1.54) is 25.7 Å². The van der Waals surface area contributed by atoms with E-state index in [9.17, 15) is 4.79 Å². The SMILES string of the molecule is O=C(Cc1cccc(Cl)c1)C1CC2CCCCC2N1. The number of hydrogen-bond acceptors (Lipinski definition) is 2. The van der Waals surface area contributed by atoms with Gasteiger partial charge in [0.25, 0.3) is 0 Å². The fraction of sp³-hybridized carbons (Fsp3) is 0.562. The normalized spacial score (nSPS) is 30.1. The van der Waals surface area contributed by atoms with E-state index in [4.69, 9.17) is 11.6 Å². The predicted molar refractivity (Wildman–Crippen MR) is 77.4 cm³/mol. The summed E-state index contributed by atoms with van der Waals surface area (Å²) in [6.07, 6.45) is 6.70. The van der Waals surface area contributed by atoms with Gasteiger partial charge in [0, 0.05) is 17.5 Å². The average molecular weight is 278 g/mol. The Hall–Kier alpha value is -0.860. The molecule has 3 heteroatoms. The van der Waals surface area contributed by atoms with Crippen LogP contribution in [0.5, 0.6) is 0 Å². The number of carbonyl (C=O) groups is 1. The first-order chi connectivity index (χ1) is 9.22. The Morgan fingerprint density at radius 1 is 1.32 bits per heavy atom. The van der Waals surface area contributed by atoms with Crippen LogP contribution in [0.3, 0.4) is 0 Å². The fourth-order valence-electron chi connectivity index (χ4n) is 3.53. The van der Waals surface area contributed by atoms with E-state index < -0.39 is 0 Å². The van der Waals surface area contributed by atoms with E-state index in [0.717, 1.165) is 17.9 Å². The maximum Gasteiger partial charge on any atom is 0.154 e. The van der Waals surface area contributed by atoms with Gasteiger partial charge in [-0.1, -0.05) is 36.6 Å². The topological polar surface area (TPSA) is 29.1 Å². The van der Waals surface area contributed by atoms with Gasteiger partial charge >= 0.3 is 0 Å². The zero-order valence-electron chi connectivity index (χ0n) is 11.1. The average Bonchev–Trinajstić information content (AvgIpc) is 2.82. The maximum atomic E-state index is 12.4. The third-order valence-corrected chi connectivity index (χ3v) is 4.75. The molecular weight excluding hydrogens is 258 g/mol. The molecule has 1 aromatic rings. The monoisotopic (exact) mass is 277 g/mol. The van der Waals surface area contributed by atoms with Crippen LogP contribution in [0.25, 0.3) is 0 Å². The number of nitrogens with one attached hydrogen (secondary N) is 1. The molecule has 1 saturated heterocycles. The zero-order chi connectivity index (χ0) is 13.2. The minimum absolute atomic E-state index is 0.0621. The lowest BCUT2D eigenvalue weighted by molar-refractivity contribution is -0.120. The first-order valence-electron chi connectivity index (χ1n) is 7.25. The third kappa shape index (κ3) is 3.01. The molecule has 0 spiro atoms. The van der Waals surface area contributed by atoms with Gasteiger partial charge in [-0.3, -0.25) is 4.79 Å². The molecule has 1 aliphatic carbocycles. The Morgan fingerprint density at radius 3 is 2.95 bits per heavy atom. The van der Waals surface area contributed by atoms with Crippen LogP contribution in [0, 0.1) is 5.92 Å². The molecule has 0 amide bonds. The second kappa shape index (κ2) is 5.64. The summed E-state index contributed by atoms with van der Waals surface area (Å²) in [4.78, 5) is 12.4. The molecule has 19 heavy (non-hydrogen) atoms. The van der Waals surface area contributed by atoms with Crippen LogP contribution >= 0.6 is 11.6 Å². The summed E-state index contributed by atoms with van der Waals surface area (Å²) < 4.78 is 0. The summed E-state index contributed by atoms with van der Waals surface area (Å²) in [5.41, 5.74) is 1.02. The molecule has 1 N–H and O–H groups in total. The lowest BCUT2D eigenvalue weighted by Crippen LogP contribution is -2.37. The van der Waals surface area contributed by atoms with Crippen molar-refractivity contribution >= 4 is 17.4 Å². The lowest BCUT2D eigenvalue weighted by atomic mass is 9.84. The summed E-state index contributed by atoms with van der Waals surface area (Å²) >= 11 is 5.96. The largest absolute Gasteiger partial charge is 0.304 e. The number of carbonyl (C=O) groups excluding carboxylic acids is 1. The smallest absolute Gasteiger partial charge is 0.154 e. The van der Waals surface area contributed by atoms with Gasteiger partial charge in [-0.2, -0.15) is 0 Å². The molecule has 3 atom stereocenters. The number of halogens is 1. The summed E-state index contributed by atoms with van der Waals surface area (Å²) in [6.45, 7) is 0. The van der Waals surface area contributed by atoms with Crippen LogP contribution in [0.15, 0.2) is 24.3 Å². The second-order valence-corrected chi connectivity index (χ2v) is 6.32. The van der Waals surface area contributed by atoms with Crippen LogP contribution in [0.1, 0.15) is 37.7 Å². The van der Waals surface area contributed by atoms with Crippen LogP contribution in [0.4, 0.5) is 0 Å². The number of fused-ring (bicyclic) bond motifs is 1. The molecule has 2 nitrogen and oxygen atoms in total. The number of benzene rings is 1. The van der Waals surface area contributed by atoms with Gasteiger partial charge in [0.15, 0.2) is 5.78 Å². The lowest BCUT2D eigenvalue weighted by Gasteiger charge is -2.24. The number of ketones is 1. The van der Waals surface area contributed by atoms with Crippen molar-refractivity contribution in [3.63, 3.8) is 0 Å². The van der Waals surface area contributed by atoms with Crippen molar-refractivity contribution in [1.82, 2.24) is 5.32 Å². The standard InChI is InChI=1S/C16H20ClNO/c17-13-6-3-4-11(8-13)9-16(19)15-10-12-5-1-2-7-14(12)18-15/h3-4,6,8,12,14-15,18H,1-2,5,7,9-10H2. The Bertz CT molecular complexity index is 460. The molecule has 0 bridgehead atoms. The minimum atomic E-state index is 0.0621. The third-order valence-electron chi connectivity index (χ3n) is 4.52. The van der Waals surface area contributed by atoms with Crippen molar-refractivity contribution in [2.75, 3.05) is 0 Å². The molecule has 1 aliphatic heterocycles. The van der Waals surface area contributed by atoms with Crippen LogP contribution in [0.2, 0.25) is 5.02 Å². The van der Waals surface area contributed by atoms with Crippen LogP contribution in [-0.2, 0) is 11.2 Å². The van der Waals surface area contributed by atoms with Gasteiger partial charge in [0.1, 0.15) is 0 Å². The fourth-order valence-corrected chi connectivity index (χ4v) is 3.75. The molecule has 0 radical (unpaired) electrons. The molecule has 3 rings (SSSR count). The molecule has 2 aliphatic rings. The molecule has 1 heterocycles. The first kappa shape index (κ1) is 13.1. The van der Waals surface area contributed by atoms with Gasteiger partial charge in [-0.25, -0.2) is 0 Å². The molecule has 2 fully saturated rings. The van der Waals surface area contributed by atoms with Crippen molar-refractivity contribution in [2.45, 2.75) is 50.6 Å². The van der Waals surface area contributed by atoms with Gasteiger partial charge in [0.2, 0.25) is 0 Å². The van der Waals surface area contributed by atoms with Gasteiger partial charge in [-0.15, -0.1) is 0 Å². The van der Waals surface area contributed by atoms with Crippen LogP contribution < -0.4 is 5.32 Å². The number of rotatable bonds is 3. The highest BCUT2D eigenvalue weighted by atomic mass is 35.5. The van der Waals surface area contributed by atoms with E-state index in [-0.39, 0.29) is 6.04 Å². The molecule has 0 aromatic heterocycles. The maximum absolute atomic E-state index is 12.4. The van der Waals surface area contributed by atoms with Gasteiger partial charge in [-0.05, 0) is 42.9 Å². The second-order valence-electron chi connectivity index (χ2n) is 5.88. The van der Waals surface area contributed by atoms with Crippen molar-refractivity contribution in [3.8, 4) is 0 Å². The van der Waals surface area contributed by atoms with E-state index >= 15 is 0 Å². The predicted octanol–water partition coefficient (Wildman–Crippen LogP) is 3.37. The minimum Gasteiger partial charge on any atom is -0.304 e. The highest BCUT2D eigenvalue weighted by Crippen LogP contribution is 2.33. The van der Waals surface area contributed by atoms with E-state index in [1.807, 2.05) is 24.3 Å². The highest BCUT2D eigenvalue weighted by Gasteiger charge is 2.37. The van der Waals surface area contributed by atoms with Crippen molar-refractivity contribution in [3.05, 3.63) is 34.9 Å². The number of Topliss-reactive ketones (excluding diaryl/α,β-unsaturated/α-hetero) is 1. The Balaban J connectivity index is 1.62. The molecule has 102 valence electrons. The van der Waals surface area contributed by atoms with Crippen LogP contribution in [-0.4, -0.2) is 17.9 Å². The summed E-state index contributed by atoms with van der Waals surface area (Å²) in [5.74, 6) is 1.04. The molecule has 1 aromatic carbocycles. The zero-order valence-corrected chi connectivity index (χ0v) is 11.8. The van der Waals surface area contributed by atoms with Gasteiger partial charge in [0.05, 0.1) is 6.04 Å². The summed E-state index contributed by atoms with van der Waals surface area (Å²) in [5, 5.41) is 4.25. The van der Waals surface area contributed by atoms with E-state index in [1.54, 1.807) is 0 Å². The van der Waals surface area contributed by atoms with Gasteiger partial charge < -0.3 is 5.32 Å².